The molecule has 0 radical (unpaired) electrons. The number of carboxylic acid groups (broad SMARTS) is 1. The molecule has 0 spiro atoms. The predicted octanol–water partition coefficient (Wildman–Crippen LogP) is 3.44. The summed E-state index contributed by atoms with van der Waals surface area (Å²) in [4.78, 5) is 12.7. The van der Waals surface area contributed by atoms with Crippen LogP contribution in [0.1, 0.15) is 32.4 Å². The fourth-order valence-corrected chi connectivity index (χ4v) is 2.28. The molecule has 1 N–H and O–H groups in total. The second kappa shape index (κ2) is 6.29. The molecule has 3 nitrogen and oxygen atoms in total. The summed E-state index contributed by atoms with van der Waals surface area (Å²) < 4.78 is 13.6. The van der Waals surface area contributed by atoms with E-state index in [2.05, 4.69) is 15.9 Å². The SMILES string of the molecule is CC(C)N(CC(=O)O)C(C)c1ccc(F)c(Br)c1. The summed E-state index contributed by atoms with van der Waals surface area (Å²) in [6, 6.07) is 4.77. The van der Waals surface area contributed by atoms with Crippen LogP contribution in [0.15, 0.2) is 22.7 Å². The monoisotopic (exact) mass is 317 g/mol. The van der Waals surface area contributed by atoms with Gasteiger partial charge in [-0.05, 0) is 54.4 Å². The van der Waals surface area contributed by atoms with E-state index in [0.717, 1.165) is 5.56 Å². The molecular formula is C13H17BrFNO2. The van der Waals surface area contributed by atoms with Gasteiger partial charge in [-0.25, -0.2) is 4.39 Å². The lowest BCUT2D eigenvalue weighted by Gasteiger charge is -2.31. The molecule has 1 unspecified atom stereocenters. The van der Waals surface area contributed by atoms with Gasteiger partial charge in [-0.1, -0.05) is 6.07 Å². The zero-order valence-electron chi connectivity index (χ0n) is 10.7. The van der Waals surface area contributed by atoms with Crippen LogP contribution in [0.2, 0.25) is 0 Å². The van der Waals surface area contributed by atoms with Crippen molar-refractivity contribution < 1.29 is 14.3 Å². The molecule has 100 valence electrons. The Labute approximate surface area is 115 Å². The third-order valence-electron chi connectivity index (χ3n) is 2.90. The van der Waals surface area contributed by atoms with Gasteiger partial charge in [-0.15, -0.1) is 0 Å². The molecule has 18 heavy (non-hydrogen) atoms. The summed E-state index contributed by atoms with van der Waals surface area (Å²) in [5.74, 6) is -1.18. The summed E-state index contributed by atoms with van der Waals surface area (Å²) in [6.07, 6.45) is 0. The van der Waals surface area contributed by atoms with Crippen molar-refractivity contribution in [3.63, 3.8) is 0 Å². The maximum absolute atomic E-state index is 13.2. The van der Waals surface area contributed by atoms with Crippen LogP contribution in [0.4, 0.5) is 4.39 Å². The number of carbonyl (C=O) groups is 1. The lowest BCUT2D eigenvalue weighted by atomic mass is 10.1. The van der Waals surface area contributed by atoms with Crippen molar-refractivity contribution in [1.82, 2.24) is 4.90 Å². The van der Waals surface area contributed by atoms with Crippen molar-refractivity contribution >= 4 is 21.9 Å². The lowest BCUT2D eigenvalue weighted by Crippen LogP contribution is -2.37. The van der Waals surface area contributed by atoms with Gasteiger partial charge in [0.05, 0.1) is 11.0 Å². The van der Waals surface area contributed by atoms with Gasteiger partial charge < -0.3 is 5.11 Å². The van der Waals surface area contributed by atoms with Crippen molar-refractivity contribution in [3.8, 4) is 0 Å². The van der Waals surface area contributed by atoms with E-state index >= 15 is 0 Å². The van der Waals surface area contributed by atoms with Gasteiger partial charge in [0, 0.05) is 12.1 Å². The van der Waals surface area contributed by atoms with Crippen molar-refractivity contribution in [1.29, 1.82) is 0 Å². The molecule has 0 fully saturated rings. The van der Waals surface area contributed by atoms with E-state index in [0.29, 0.717) is 4.47 Å². The van der Waals surface area contributed by atoms with Gasteiger partial charge in [0.2, 0.25) is 0 Å². The summed E-state index contributed by atoms with van der Waals surface area (Å²) >= 11 is 3.14. The molecule has 0 aliphatic heterocycles. The first-order valence-electron chi connectivity index (χ1n) is 5.75. The van der Waals surface area contributed by atoms with Gasteiger partial charge in [0.15, 0.2) is 0 Å². The minimum atomic E-state index is -0.864. The minimum absolute atomic E-state index is 0.0339. The second-order valence-electron chi connectivity index (χ2n) is 4.51. The molecule has 5 heteroatoms. The fourth-order valence-electron chi connectivity index (χ4n) is 1.89. The first kappa shape index (κ1) is 15.1. The van der Waals surface area contributed by atoms with Crippen molar-refractivity contribution in [3.05, 3.63) is 34.1 Å². The lowest BCUT2D eigenvalue weighted by molar-refractivity contribution is -0.139. The van der Waals surface area contributed by atoms with E-state index in [-0.39, 0.29) is 24.4 Å². The quantitative estimate of drug-likeness (QED) is 0.904. The van der Waals surface area contributed by atoms with Crippen LogP contribution in [-0.2, 0) is 4.79 Å². The van der Waals surface area contributed by atoms with Crippen LogP contribution in [-0.4, -0.2) is 28.6 Å². The van der Waals surface area contributed by atoms with Gasteiger partial charge in [0.25, 0.3) is 0 Å². The molecule has 0 heterocycles. The predicted molar refractivity (Wildman–Crippen MR) is 72.0 cm³/mol. The van der Waals surface area contributed by atoms with Gasteiger partial charge >= 0.3 is 5.97 Å². The molecule has 0 bridgehead atoms. The molecule has 0 saturated heterocycles. The highest BCUT2D eigenvalue weighted by atomic mass is 79.9. The Balaban J connectivity index is 2.97. The average molecular weight is 318 g/mol. The smallest absolute Gasteiger partial charge is 0.317 e. The highest BCUT2D eigenvalue weighted by Crippen LogP contribution is 2.26. The molecule has 1 aromatic carbocycles. The van der Waals surface area contributed by atoms with Crippen molar-refractivity contribution in [2.45, 2.75) is 32.9 Å². The Morgan fingerprint density at radius 3 is 2.50 bits per heavy atom. The number of benzene rings is 1. The Morgan fingerprint density at radius 1 is 1.44 bits per heavy atom. The summed E-state index contributed by atoms with van der Waals surface area (Å²) in [6.45, 7) is 5.77. The van der Waals surface area contributed by atoms with Crippen LogP contribution in [0, 0.1) is 5.82 Å². The van der Waals surface area contributed by atoms with Crippen molar-refractivity contribution in [2.24, 2.45) is 0 Å². The van der Waals surface area contributed by atoms with Crippen LogP contribution in [0.25, 0.3) is 0 Å². The molecular weight excluding hydrogens is 301 g/mol. The summed E-state index contributed by atoms with van der Waals surface area (Å²) in [5.41, 5.74) is 0.887. The average Bonchev–Trinajstić information content (AvgIpc) is 2.28. The molecule has 0 aliphatic rings. The molecule has 1 aromatic rings. The largest absolute Gasteiger partial charge is 0.480 e. The zero-order chi connectivity index (χ0) is 13.9. The Hall–Kier alpha value is -0.940. The minimum Gasteiger partial charge on any atom is -0.480 e. The third-order valence-corrected chi connectivity index (χ3v) is 3.51. The van der Waals surface area contributed by atoms with E-state index in [4.69, 9.17) is 5.11 Å². The van der Waals surface area contributed by atoms with E-state index in [1.54, 1.807) is 12.1 Å². The molecule has 1 atom stereocenters. The number of aliphatic carboxylic acids is 1. The van der Waals surface area contributed by atoms with Gasteiger partial charge in [-0.3, -0.25) is 9.69 Å². The van der Waals surface area contributed by atoms with Crippen LogP contribution in [0.5, 0.6) is 0 Å². The Kier molecular flexibility index (Phi) is 5.28. The maximum atomic E-state index is 13.2. The topological polar surface area (TPSA) is 40.5 Å². The Morgan fingerprint density at radius 2 is 2.06 bits per heavy atom. The highest BCUT2D eigenvalue weighted by molar-refractivity contribution is 9.10. The first-order chi connectivity index (χ1) is 8.32. The molecule has 0 amide bonds. The summed E-state index contributed by atoms with van der Waals surface area (Å²) in [5, 5.41) is 8.92. The molecule has 0 saturated carbocycles. The van der Waals surface area contributed by atoms with Gasteiger partial charge in [0.1, 0.15) is 5.82 Å². The number of nitrogens with zero attached hydrogens (tertiary/aromatic N) is 1. The number of rotatable bonds is 5. The number of hydrogen-bond donors (Lipinski definition) is 1. The molecule has 0 aromatic heterocycles. The van der Waals surface area contributed by atoms with Crippen LogP contribution >= 0.6 is 15.9 Å². The first-order valence-corrected chi connectivity index (χ1v) is 6.54. The van der Waals surface area contributed by atoms with E-state index in [1.165, 1.54) is 6.07 Å². The van der Waals surface area contributed by atoms with E-state index in [1.807, 2.05) is 25.7 Å². The van der Waals surface area contributed by atoms with E-state index < -0.39 is 5.97 Å². The second-order valence-corrected chi connectivity index (χ2v) is 5.36. The number of carboxylic acids is 1. The number of hydrogen-bond acceptors (Lipinski definition) is 2. The van der Waals surface area contributed by atoms with Crippen molar-refractivity contribution in [2.75, 3.05) is 6.54 Å². The van der Waals surface area contributed by atoms with Crippen LogP contribution < -0.4 is 0 Å². The molecule has 0 aliphatic carbocycles. The van der Waals surface area contributed by atoms with Crippen LogP contribution in [0.3, 0.4) is 0 Å². The third kappa shape index (κ3) is 3.78. The van der Waals surface area contributed by atoms with E-state index in [9.17, 15) is 9.18 Å². The standard InChI is InChI=1S/C13H17BrFNO2/c1-8(2)16(7-13(17)18)9(3)10-4-5-12(15)11(14)6-10/h4-6,8-9H,7H2,1-3H3,(H,17,18). The normalized spacial score (nSPS) is 13.1. The fraction of sp³-hybridized carbons (Fsp3) is 0.462. The maximum Gasteiger partial charge on any atom is 0.317 e. The molecule has 1 rings (SSSR count). The zero-order valence-corrected chi connectivity index (χ0v) is 12.2. The summed E-state index contributed by atoms with van der Waals surface area (Å²) in [7, 11) is 0. The number of halogens is 2. The Bertz CT molecular complexity index is 437. The highest BCUT2D eigenvalue weighted by Gasteiger charge is 2.21. The van der Waals surface area contributed by atoms with Gasteiger partial charge in [-0.2, -0.15) is 0 Å².